The second-order valence-corrected chi connectivity index (χ2v) is 2.88. The molecule has 0 aromatic rings. The van der Waals surface area contributed by atoms with Gasteiger partial charge in [0.1, 0.15) is 0 Å². The molecule has 0 aliphatic carbocycles. The summed E-state index contributed by atoms with van der Waals surface area (Å²) in [5, 5.41) is 3.72. The van der Waals surface area contributed by atoms with E-state index in [-0.39, 0.29) is 0 Å². The summed E-state index contributed by atoms with van der Waals surface area (Å²) in [6.45, 7) is 0. The summed E-state index contributed by atoms with van der Waals surface area (Å²) in [7, 11) is -1.45. The van der Waals surface area contributed by atoms with E-state index in [2.05, 4.69) is 0 Å². The highest BCUT2D eigenvalue weighted by Gasteiger charge is 2.37. The fourth-order valence-corrected chi connectivity index (χ4v) is 0.335. The summed E-state index contributed by atoms with van der Waals surface area (Å²) >= 11 is 0. The van der Waals surface area contributed by atoms with Gasteiger partial charge in [0.2, 0.25) is 0 Å². The van der Waals surface area contributed by atoms with Crippen LogP contribution in [0, 0.1) is 0 Å². The Kier molecular flexibility index (Phi) is 2.58. The number of hydrogen-bond donors (Lipinski definition) is 2. The van der Waals surface area contributed by atoms with Crippen LogP contribution in [0.1, 0.15) is 0 Å². The summed E-state index contributed by atoms with van der Waals surface area (Å²) in [5.74, 6) is 0. The smallest absolute Gasteiger partial charge is 0.120 e. The molecule has 0 heterocycles. The van der Waals surface area contributed by atoms with Crippen LogP contribution in [0.15, 0.2) is 0 Å². The maximum absolute atomic E-state index is 11.8. The molecule has 0 aromatic carbocycles. The largest absolute Gasteiger partial charge is 0.536 e. The third-order valence-corrected chi connectivity index (χ3v) is 1.69. The van der Waals surface area contributed by atoms with Crippen molar-refractivity contribution in [2.24, 2.45) is 0 Å². The summed E-state index contributed by atoms with van der Waals surface area (Å²) in [4.78, 5) is 0. The molecular formula is C2H8F2N2P+. The normalized spacial score (nSPS) is 12.0. The highest BCUT2D eigenvalue weighted by molar-refractivity contribution is 7.61. The lowest BCUT2D eigenvalue weighted by atomic mass is 11.6. The molecule has 5 heteroatoms. The average Bonchev–Trinajstić information content (AvgIpc) is 1.68. The van der Waals surface area contributed by atoms with E-state index < -0.39 is 8.19 Å². The third-order valence-electron chi connectivity index (χ3n) is 0.562. The van der Waals surface area contributed by atoms with Crippen LogP contribution in [-0.4, -0.2) is 14.1 Å². The zero-order valence-corrected chi connectivity index (χ0v) is 5.10. The lowest BCUT2D eigenvalue weighted by Crippen LogP contribution is -2.13. The molecule has 0 bridgehead atoms. The van der Waals surface area contributed by atoms with Gasteiger partial charge in [-0.05, 0) is 0 Å². The molecule has 7 heavy (non-hydrogen) atoms. The van der Waals surface area contributed by atoms with Crippen molar-refractivity contribution >= 4 is 8.19 Å². The number of nitrogens with one attached hydrogen (secondary N) is 2. The first kappa shape index (κ1) is 7.21. The molecule has 0 atom stereocenters. The molecule has 0 aromatic heterocycles. The van der Waals surface area contributed by atoms with Gasteiger partial charge in [-0.15, -0.1) is 10.2 Å². The van der Waals surface area contributed by atoms with E-state index in [1.165, 1.54) is 14.1 Å². The molecule has 0 spiro atoms. The molecule has 0 unspecified atom stereocenters. The van der Waals surface area contributed by atoms with Gasteiger partial charge in [0.15, 0.2) is 0 Å². The summed E-state index contributed by atoms with van der Waals surface area (Å²) in [6.07, 6.45) is 0. The van der Waals surface area contributed by atoms with Crippen molar-refractivity contribution in [3.63, 3.8) is 0 Å². The minimum absolute atomic E-state index is 1.23. The number of rotatable bonds is 2. The standard InChI is InChI=1S/C2H8F2N2P/c1-5-7(3,4)6-2/h5-6H,1-2H3/q+1. The van der Waals surface area contributed by atoms with Crippen LogP contribution in [0.2, 0.25) is 0 Å². The summed E-state index contributed by atoms with van der Waals surface area (Å²) in [5.41, 5.74) is 0. The first-order valence-corrected chi connectivity index (χ1v) is 3.36. The van der Waals surface area contributed by atoms with Crippen molar-refractivity contribution in [3.8, 4) is 0 Å². The fourth-order valence-electron chi connectivity index (χ4n) is 0.112. The number of hydrogen-bond acceptors (Lipinski definition) is 2. The molecule has 2 N–H and O–H groups in total. The van der Waals surface area contributed by atoms with Crippen LogP contribution >= 0.6 is 8.19 Å². The molecule has 0 saturated heterocycles. The van der Waals surface area contributed by atoms with Crippen molar-refractivity contribution < 1.29 is 8.39 Å². The molecule has 0 fully saturated rings. The molecule has 0 saturated carbocycles. The minimum Gasteiger partial charge on any atom is -0.120 e. The predicted molar refractivity (Wildman–Crippen MR) is 27.3 cm³/mol. The van der Waals surface area contributed by atoms with E-state index >= 15 is 0 Å². The molecule has 0 aliphatic heterocycles. The topological polar surface area (TPSA) is 24.1 Å². The van der Waals surface area contributed by atoms with Crippen LogP contribution in [0.3, 0.4) is 0 Å². The summed E-state index contributed by atoms with van der Waals surface area (Å²) < 4.78 is 23.5. The van der Waals surface area contributed by atoms with Gasteiger partial charge in [0.25, 0.3) is 0 Å². The van der Waals surface area contributed by atoms with E-state index in [9.17, 15) is 8.39 Å². The first-order valence-electron chi connectivity index (χ1n) is 1.79. The van der Waals surface area contributed by atoms with Crippen molar-refractivity contribution in [1.82, 2.24) is 10.2 Å². The Labute approximate surface area is 42.0 Å². The Morgan fingerprint density at radius 3 is 1.43 bits per heavy atom. The van der Waals surface area contributed by atoms with Gasteiger partial charge in [0.05, 0.1) is 0 Å². The average molecular weight is 129 g/mol. The maximum Gasteiger partial charge on any atom is 0.536 e. The van der Waals surface area contributed by atoms with E-state index in [0.717, 1.165) is 0 Å². The molecule has 0 rings (SSSR count). The van der Waals surface area contributed by atoms with Gasteiger partial charge in [-0.25, -0.2) is 0 Å². The maximum atomic E-state index is 11.8. The second-order valence-electron chi connectivity index (χ2n) is 0.961. The Balaban J connectivity index is 3.36. The Hall–Kier alpha value is 0.210. The first-order chi connectivity index (χ1) is 3.12. The highest BCUT2D eigenvalue weighted by atomic mass is 31.3. The molecule has 44 valence electrons. The SMILES string of the molecule is CN[P+](F)(F)NC. The number of halogens is 2. The van der Waals surface area contributed by atoms with Gasteiger partial charge >= 0.3 is 8.19 Å². The third kappa shape index (κ3) is 2.85. The van der Waals surface area contributed by atoms with Crippen molar-refractivity contribution in [2.45, 2.75) is 0 Å². The quantitative estimate of drug-likeness (QED) is 0.544. The minimum atomic E-state index is -3.90. The van der Waals surface area contributed by atoms with E-state index in [0.29, 0.717) is 0 Å². The zero-order chi connectivity index (χ0) is 5.91. The van der Waals surface area contributed by atoms with Crippen LogP contribution in [0.4, 0.5) is 8.39 Å². The van der Waals surface area contributed by atoms with Crippen LogP contribution in [-0.2, 0) is 0 Å². The van der Waals surface area contributed by atoms with Crippen molar-refractivity contribution in [1.29, 1.82) is 0 Å². The molecule has 0 radical (unpaired) electrons. The Bertz CT molecular complexity index is 51.7. The van der Waals surface area contributed by atoms with E-state index in [1.807, 2.05) is 10.2 Å². The zero-order valence-electron chi connectivity index (χ0n) is 4.20. The monoisotopic (exact) mass is 129 g/mol. The summed E-state index contributed by atoms with van der Waals surface area (Å²) in [6, 6.07) is 0. The van der Waals surface area contributed by atoms with Crippen molar-refractivity contribution in [3.05, 3.63) is 0 Å². The van der Waals surface area contributed by atoms with E-state index in [1.54, 1.807) is 0 Å². The van der Waals surface area contributed by atoms with Gasteiger partial charge < -0.3 is 0 Å². The fraction of sp³-hybridized carbons (Fsp3) is 1.00. The highest BCUT2D eigenvalue weighted by Crippen LogP contribution is 2.52. The Morgan fingerprint density at radius 2 is 1.43 bits per heavy atom. The lowest BCUT2D eigenvalue weighted by Gasteiger charge is -1.96. The van der Waals surface area contributed by atoms with Crippen molar-refractivity contribution in [2.75, 3.05) is 14.1 Å². The Morgan fingerprint density at radius 1 is 1.14 bits per heavy atom. The second kappa shape index (κ2) is 2.50. The molecule has 0 amide bonds. The van der Waals surface area contributed by atoms with Gasteiger partial charge in [0, 0.05) is 22.5 Å². The predicted octanol–water partition coefficient (Wildman–Crippen LogP) is 1.04. The lowest BCUT2D eigenvalue weighted by molar-refractivity contribution is 0.651. The molecule has 0 aliphatic rings. The van der Waals surface area contributed by atoms with Crippen LogP contribution in [0.25, 0.3) is 0 Å². The molecule has 2 nitrogen and oxygen atoms in total. The van der Waals surface area contributed by atoms with Gasteiger partial charge in [-0.1, -0.05) is 0 Å². The van der Waals surface area contributed by atoms with Gasteiger partial charge in [-0.3, -0.25) is 0 Å². The molecular weight excluding hydrogens is 121 g/mol. The van der Waals surface area contributed by atoms with E-state index in [4.69, 9.17) is 0 Å². The van der Waals surface area contributed by atoms with Crippen LogP contribution in [0.5, 0.6) is 0 Å². The van der Waals surface area contributed by atoms with Gasteiger partial charge in [-0.2, -0.15) is 0 Å². The van der Waals surface area contributed by atoms with Crippen LogP contribution < -0.4 is 10.2 Å².